The Morgan fingerprint density at radius 2 is 1.89 bits per heavy atom. The molecule has 0 spiro atoms. The fraction of sp³-hybridized carbons (Fsp3) is 0. The lowest BCUT2D eigenvalue weighted by Gasteiger charge is -2.05. The summed E-state index contributed by atoms with van der Waals surface area (Å²) in [6.45, 7) is 0. The molecular weight excluding hydrogens is 395 g/mol. The number of nitrogens with zero attached hydrogens (tertiary/aromatic N) is 1. The van der Waals surface area contributed by atoms with Crippen LogP contribution in [-0.4, -0.2) is 9.55 Å². The topological polar surface area (TPSA) is 20.7 Å². The Hall–Kier alpha value is -0.980. The molecule has 0 amide bonds. The molecule has 0 aliphatic rings. The number of imidazole rings is 1. The van der Waals surface area contributed by atoms with Gasteiger partial charge in [0.1, 0.15) is 5.82 Å². The van der Waals surface area contributed by atoms with Crippen LogP contribution in [0.1, 0.15) is 0 Å². The van der Waals surface area contributed by atoms with E-state index in [4.69, 9.17) is 12.2 Å². The smallest absolute Gasteiger partial charge is 0.182 e. The molecule has 3 rings (SSSR count). The SMILES string of the molecule is Fc1ccc(-n2c(=S)[nH]c3cc(Br)ccc32)cc1Br. The molecule has 1 aromatic heterocycles. The Balaban J connectivity index is 2.32. The number of nitrogens with one attached hydrogen (secondary N) is 1. The maximum Gasteiger partial charge on any atom is 0.182 e. The van der Waals surface area contributed by atoms with E-state index in [0.29, 0.717) is 9.24 Å². The Morgan fingerprint density at radius 3 is 2.63 bits per heavy atom. The van der Waals surface area contributed by atoms with Gasteiger partial charge in [-0.1, -0.05) is 15.9 Å². The molecule has 0 aliphatic heterocycles. The number of aromatic amines is 1. The zero-order chi connectivity index (χ0) is 13.6. The molecule has 19 heavy (non-hydrogen) atoms. The molecule has 1 N–H and O–H groups in total. The average Bonchev–Trinajstić information content (AvgIpc) is 2.68. The summed E-state index contributed by atoms with van der Waals surface area (Å²) >= 11 is 12.0. The van der Waals surface area contributed by atoms with Crippen molar-refractivity contribution in [2.75, 3.05) is 0 Å². The highest BCUT2D eigenvalue weighted by atomic mass is 79.9. The molecule has 96 valence electrons. The number of halogens is 3. The van der Waals surface area contributed by atoms with Crippen molar-refractivity contribution in [3.8, 4) is 5.69 Å². The Kier molecular flexibility index (Phi) is 3.32. The van der Waals surface area contributed by atoms with Crippen LogP contribution in [0.25, 0.3) is 16.7 Å². The lowest BCUT2D eigenvalue weighted by atomic mass is 10.3. The van der Waals surface area contributed by atoms with Gasteiger partial charge in [-0.3, -0.25) is 4.57 Å². The highest BCUT2D eigenvalue weighted by molar-refractivity contribution is 9.10. The molecular formula is C13H7Br2FN2S. The first kappa shape index (κ1) is 13.0. The zero-order valence-electron chi connectivity index (χ0n) is 9.45. The van der Waals surface area contributed by atoms with E-state index in [0.717, 1.165) is 21.2 Å². The van der Waals surface area contributed by atoms with Crippen molar-refractivity contribution in [2.24, 2.45) is 0 Å². The normalized spacial score (nSPS) is 11.1. The maximum absolute atomic E-state index is 13.3. The van der Waals surface area contributed by atoms with Crippen LogP contribution in [0.15, 0.2) is 45.3 Å². The lowest BCUT2D eigenvalue weighted by Crippen LogP contribution is -1.94. The molecule has 0 radical (unpaired) electrons. The highest BCUT2D eigenvalue weighted by Gasteiger charge is 2.08. The van der Waals surface area contributed by atoms with Gasteiger partial charge >= 0.3 is 0 Å². The van der Waals surface area contributed by atoms with Gasteiger partial charge in [-0.2, -0.15) is 0 Å². The summed E-state index contributed by atoms with van der Waals surface area (Å²) in [6, 6.07) is 10.7. The molecule has 0 unspecified atom stereocenters. The number of rotatable bonds is 1. The third-order valence-electron chi connectivity index (χ3n) is 2.81. The van der Waals surface area contributed by atoms with E-state index in [2.05, 4.69) is 36.8 Å². The van der Waals surface area contributed by atoms with Gasteiger partial charge in [-0.15, -0.1) is 0 Å². The van der Waals surface area contributed by atoms with Crippen molar-refractivity contribution in [2.45, 2.75) is 0 Å². The molecule has 1 heterocycles. The van der Waals surface area contributed by atoms with Crippen molar-refractivity contribution < 1.29 is 4.39 Å². The largest absolute Gasteiger partial charge is 0.330 e. The van der Waals surface area contributed by atoms with Crippen LogP contribution in [0, 0.1) is 10.6 Å². The summed E-state index contributed by atoms with van der Waals surface area (Å²) in [4.78, 5) is 3.14. The fourth-order valence-electron chi connectivity index (χ4n) is 1.96. The minimum atomic E-state index is -0.294. The predicted octanol–water partition coefficient (Wildman–Crippen LogP) is 5.35. The summed E-state index contributed by atoms with van der Waals surface area (Å²) < 4.78 is 17.2. The maximum atomic E-state index is 13.3. The average molecular weight is 402 g/mol. The molecule has 0 aliphatic carbocycles. The van der Waals surface area contributed by atoms with E-state index in [-0.39, 0.29) is 5.82 Å². The fourth-order valence-corrected chi connectivity index (χ4v) is 3.01. The third kappa shape index (κ3) is 2.28. The molecule has 3 aromatic rings. The van der Waals surface area contributed by atoms with E-state index < -0.39 is 0 Å². The first-order chi connectivity index (χ1) is 9.06. The second-order valence-electron chi connectivity index (χ2n) is 4.03. The van der Waals surface area contributed by atoms with Crippen LogP contribution in [0.3, 0.4) is 0 Å². The standard InChI is InChI=1S/C13H7Br2FN2S/c14-7-1-4-12-11(5-7)17-13(19)18(12)8-2-3-10(16)9(15)6-8/h1-6H,(H,17,19). The Bertz CT molecular complexity index is 838. The van der Waals surface area contributed by atoms with Gasteiger partial charge in [-0.25, -0.2) is 4.39 Å². The highest BCUT2D eigenvalue weighted by Crippen LogP contribution is 2.25. The third-order valence-corrected chi connectivity index (χ3v) is 4.19. The second kappa shape index (κ2) is 4.85. The van der Waals surface area contributed by atoms with Gasteiger partial charge in [0.25, 0.3) is 0 Å². The minimum Gasteiger partial charge on any atom is -0.330 e. The number of benzene rings is 2. The van der Waals surface area contributed by atoms with Crippen LogP contribution in [-0.2, 0) is 0 Å². The zero-order valence-corrected chi connectivity index (χ0v) is 13.4. The summed E-state index contributed by atoms with van der Waals surface area (Å²) in [7, 11) is 0. The number of hydrogen-bond donors (Lipinski definition) is 1. The van der Waals surface area contributed by atoms with Gasteiger partial charge < -0.3 is 4.98 Å². The van der Waals surface area contributed by atoms with E-state index in [1.165, 1.54) is 6.07 Å². The molecule has 0 saturated heterocycles. The minimum absolute atomic E-state index is 0.294. The summed E-state index contributed by atoms with van der Waals surface area (Å²) in [6.07, 6.45) is 0. The van der Waals surface area contributed by atoms with Crippen molar-refractivity contribution >= 4 is 55.1 Å². The molecule has 2 nitrogen and oxygen atoms in total. The van der Waals surface area contributed by atoms with Crippen LogP contribution < -0.4 is 0 Å². The van der Waals surface area contributed by atoms with Crippen LogP contribution in [0.2, 0.25) is 0 Å². The second-order valence-corrected chi connectivity index (χ2v) is 6.18. The molecule has 6 heteroatoms. The molecule has 0 saturated carbocycles. The molecule has 0 bridgehead atoms. The van der Waals surface area contributed by atoms with Crippen molar-refractivity contribution in [3.63, 3.8) is 0 Å². The summed E-state index contributed by atoms with van der Waals surface area (Å²) in [5.41, 5.74) is 2.69. The quantitative estimate of drug-likeness (QED) is 0.545. The van der Waals surface area contributed by atoms with Crippen molar-refractivity contribution in [1.82, 2.24) is 9.55 Å². The predicted molar refractivity (Wildman–Crippen MR) is 83.8 cm³/mol. The number of hydrogen-bond acceptors (Lipinski definition) is 1. The summed E-state index contributed by atoms with van der Waals surface area (Å²) in [5, 5.41) is 0. The van der Waals surface area contributed by atoms with Crippen LogP contribution >= 0.6 is 44.1 Å². The van der Waals surface area contributed by atoms with Crippen LogP contribution in [0.4, 0.5) is 4.39 Å². The summed E-state index contributed by atoms with van der Waals surface area (Å²) in [5.74, 6) is -0.294. The monoisotopic (exact) mass is 400 g/mol. The lowest BCUT2D eigenvalue weighted by molar-refractivity contribution is 0.620. The van der Waals surface area contributed by atoms with Gasteiger partial charge in [-0.05, 0) is 64.5 Å². The Morgan fingerprint density at radius 1 is 1.11 bits per heavy atom. The Labute approximate surface area is 130 Å². The van der Waals surface area contributed by atoms with Crippen molar-refractivity contribution in [3.05, 3.63) is 55.9 Å². The molecule has 0 fully saturated rings. The van der Waals surface area contributed by atoms with Gasteiger partial charge in [0.2, 0.25) is 0 Å². The van der Waals surface area contributed by atoms with E-state index in [1.54, 1.807) is 12.1 Å². The van der Waals surface area contributed by atoms with Gasteiger partial charge in [0, 0.05) is 10.2 Å². The number of aromatic nitrogens is 2. The first-order valence-corrected chi connectivity index (χ1v) is 7.41. The van der Waals surface area contributed by atoms with E-state index in [1.807, 2.05) is 22.8 Å². The molecule has 2 aromatic carbocycles. The van der Waals surface area contributed by atoms with Crippen molar-refractivity contribution in [1.29, 1.82) is 0 Å². The first-order valence-electron chi connectivity index (χ1n) is 5.42. The van der Waals surface area contributed by atoms with E-state index in [9.17, 15) is 4.39 Å². The van der Waals surface area contributed by atoms with E-state index >= 15 is 0 Å². The van der Waals surface area contributed by atoms with Gasteiger partial charge in [0.15, 0.2) is 4.77 Å². The number of H-pyrrole nitrogens is 1. The molecule has 0 atom stereocenters. The van der Waals surface area contributed by atoms with Gasteiger partial charge in [0.05, 0.1) is 15.5 Å². The number of fused-ring (bicyclic) bond motifs is 1. The van der Waals surface area contributed by atoms with Crippen LogP contribution in [0.5, 0.6) is 0 Å².